The molecule has 1 heterocycles. The van der Waals surface area contributed by atoms with Crippen LogP contribution >= 0.6 is 0 Å². The maximum Gasteiger partial charge on any atom is 0.424 e. The summed E-state index contributed by atoms with van der Waals surface area (Å²) in [5, 5.41) is 24.7. The van der Waals surface area contributed by atoms with Crippen LogP contribution in [0, 0.1) is 11.7 Å². The number of aliphatic hydroxyl groups is 2. The molecule has 4 N–H and O–H groups in total. The third-order valence-electron chi connectivity index (χ3n) is 8.05. The first-order valence-corrected chi connectivity index (χ1v) is 13.7. The van der Waals surface area contributed by atoms with E-state index in [2.05, 4.69) is 15.5 Å². The van der Waals surface area contributed by atoms with Gasteiger partial charge in [-0.3, -0.25) is 4.90 Å². The molecule has 0 spiro atoms. The van der Waals surface area contributed by atoms with Gasteiger partial charge >= 0.3 is 12.2 Å². The van der Waals surface area contributed by atoms with E-state index in [0.717, 1.165) is 49.2 Å². The van der Waals surface area contributed by atoms with Crippen LogP contribution < -0.4 is 10.6 Å². The number of aliphatic hydroxyl groups excluding tert-OH is 1. The lowest BCUT2D eigenvalue weighted by Gasteiger charge is -2.32. The van der Waals surface area contributed by atoms with Crippen LogP contribution in [0.4, 0.5) is 32.4 Å². The Morgan fingerprint density at radius 1 is 0.950 bits per heavy atom. The SMILES string of the molecule is O=C(Nc1ccc(CC2CCN(Cc3ccc(C(O)(CF)C(F)(F)F)cc3)CC2)cc1F)N[C@H]1CC[C@@H](O)CC1. The van der Waals surface area contributed by atoms with Crippen LogP contribution in [0.2, 0.25) is 0 Å². The van der Waals surface area contributed by atoms with Crippen molar-refractivity contribution in [1.82, 2.24) is 10.2 Å². The highest BCUT2D eigenvalue weighted by Gasteiger charge is 2.55. The van der Waals surface area contributed by atoms with Crippen molar-refractivity contribution in [3.05, 3.63) is 65.0 Å². The quantitative estimate of drug-likeness (QED) is 0.320. The fourth-order valence-electron chi connectivity index (χ4n) is 5.49. The number of carbonyl (C=O) groups excluding carboxylic acids is 1. The Balaban J connectivity index is 1.23. The Morgan fingerprint density at radius 3 is 2.15 bits per heavy atom. The van der Waals surface area contributed by atoms with Gasteiger partial charge in [0.1, 0.15) is 12.5 Å². The number of hydrogen-bond acceptors (Lipinski definition) is 4. The first-order chi connectivity index (χ1) is 19.0. The number of rotatable bonds is 8. The number of benzene rings is 2. The average Bonchev–Trinajstić information content (AvgIpc) is 2.92. The van der Waals surface area contributed by atoms with Crippen LogP contribution in [-0.4, -0.2) is 59.2 Å². The lowest BCUT2D eigenvalue weighted by atomic mass is 9.89. The number of halogens is 5. The van der Waals surface area contributed by atoms with Crippen molar-refractivity contribution in [1.29, 1.82) is 0 Å². The molecule has 0 aromatic heterocycles. The van der Waals surface area contributed by atoms with Crippen LogP contribution in [0.1, 0.15) is 55.2 Å². The predicted octanol–water partition coefficient (Wildman–Crippen LogP) is 5.42. The number of carbonyl (C=O) groups is 1. The molecule has 2 aromatic carbocycles. The van der Waals surface area contributed by atoms with Crippen LogP contribution in [0.5, 0.6) is 0 Å². The number of urea groups is 1. The second kappa shape index (κ2) is 12.8. The molecule has 2 aliphatic rings. The van der Waals surface area contributed by atoms with E-state index >= 15 is 0 Å². The summed E-state index contributed by atoms with van der Waals surface area (Å²) in [6.07, 6.45) is -0.353. The van der Waals surface area contributed by atoms with Crippen LogP contribution in [0.15, 0.2) is 42.5 Å². The van der Waals surface area contributed by atoms with E-state index < -0.39 is 35.9 Å². The standard InChI is InChI=1S/C29H36F5N3O3/c30-18-28(40,29(32,33)34)22-4-1-20(2-5-22)17-37-13-11-19(12-14-37)15-21-3-10-26(25(31)16-21)36-27(39)35-23-6-8-24(38)9-7-23/h1-5,10,16,19,23-24,38,40H,6-9,11-15,17-18H2,(H2,35,36,39)/t23-,24+,28?. The molecule has 1 unspecified atom stereocenters. The number of alkyl halides is 4. The monoisotopic (exact) mass is 569 g/mol. The molecule has 2 amide bonds. The molecule has 1 atom stereocenters. The molecule has 1 aliphatic carbocycles. The molecule has 4 rings (SSSR count). The summed E-state index contributed by atoms with van der Waals surface area (Å²) >= 11 is 0. The molecule has 11 heteroatoms. The number of nitrogens with one attached hydrogen (secondary N) is 2. The van der Waals surface area contributed by atoms with Gasteiger partial charge in [0.05, 0.1) is 11.8 Å². The molecular formula is C29H36F5N3O3. The van der Waals surface area contributed by atoms with Gasteiger partial charge in [-0.05, 0) is 92.8 Å². The normalized spacial score (nSPS) is 22.5. The molecule has 1 saturated carbocycles. The second-order valence-corrected chi connectivity index (χ2v) is 11.0. The summed E-state index contributed by atoms with van der Waals surface area (Å²) in [6.45, 7) is 0.105. The Hall–Kier alpha value is -2.76. The van der Waals surface area contributed by atoms with Crippen molar-refractivity contribution in [3.63, 3.8) is 0 Å². The van der Waals surface area contributed by atoms with Crippen LogP contribution in [0.3, 0.4) is 0 Å². The fourth-order valence-corrected chi connectivity index (χ4v) is 5.49. The van der Waals surface area contributed by atoms with Crippen molar-refractivity contribution in [2.75, 3.05) is 25.1 Å². The highest BCUT2D eigenvalue weighted by Crippen LogP contribution is 2.39. The van der Waals surface area contributed by atoms with Gasteiger partial charge in [-0.15, -0.1) is 0 Å². The molecule has 1 aliphatic heterocycles. The Labute approximate surface area is 230 Å². The van der Waals surface area contributed by atoms with Gasteiger partial charge in [0, 0.05) is 12.6 Å². The van der Waals surface area contributed by atoms with E-state index in [-0.39, 0.29) is 17.8 Å². The minimum absolute atomic E-state index is 0.0354. The van der Waals surface area contributed by atoms with Gasteiger partial charge in [0.15, 0.2) is 0 Å². The van der Waals surface area contributed by atoms with Gasteiger partial charge in [-0.25, -0.2) is 13.6 Å². The lowest BCUT2D eigenvalue weighted by Crippen LogP contribution is -2.44. The zero-order chi connectivity index (χ0) is 28.9. The fraction of sp³-hybridized carbons (Fsp3) is 0.552. The van der Waals surface area contributed by atoms with E-state index in [1.165, 1.54) is 18.2 Å². The maximum absolute atomic E-state index is 14.7. The summed E-state index contributed by atoms with van der Waals surface area (Å²) in [7, 11) is 0. The van der Waals surface area contributed by atoms with Gasteiger partial charge in [-0.1, -0.05) is 30.3 Å². The number of nitrogens with zero attached hydrogens (tertiary/aromatic N) is 1. The van der Waals surface area contributed by atoms with Crippen LogP contribution in [-0.2, 0) is 18.6 Å². The first kappa shape index (κ1) is 30.2. The van der Waals surface area contributed by atoms with Gasteiger partial charge < -0.3 is 20.8 Å². The summed E-state index contributed by atoms with van der Waals surface area (Å²) < 4.78 is 67.0. The summed E-state index contributed by atoms with van der Waals surface area (Å²) in [6, 6.07) is 9.51. The summed E-state index contributed by atoms with van der Waals surface area (Å²) in [4.78, 5) is 14.4. The Bertz CT molecular complexity index is 1130. The molecule has 40 heavy (non-hydrogen) atoms. The largest absolute Gasteiger partial charge is 0.424 e. The minimum atomic E-state index is -5.11. The topological polar surface area (TPSA) is 84.8 Å². The van der Waals surface area contributed by atoms with Crippen molar-refractivity contribution in [2.45, 2.75) is 75.4 Å². The second-order valence-electron chi connectivity index (χ2n) is 11.0. The van der Waals surface area contributed by atoms with E-state index in [1.807, 2.05) is 6.07 Å². The van der Waals surface area contributed by atoms with Gasteiger partial charge in [0.25, 0.3) is 0 Å². The smallest absolute Gasteiger partial charge is 0.393 e. The molecule has 0 radical (unpaired) electrons. The number of piperidine rings is 1. The third-order valence-corrected chi connectivity index (χ3v) is 8.05. The number of anilines is 1. The number of amides is 2. The first-order valence-electron chi connectivity index (χ1n) is 13.7. The van der Waals surface area contributed by atoms with Gasteiger partial charge in [-0.2, -0.15) is 13.2 Å². The molecule has 220 valence electrons. The Kier molecular flexibility index (Phi) is 9.68. The molecular weight excluding hydrogens is 533 g/mol. The van der Waals surface area contributed by atoms with Gasteiger partial charge in [0.2, 0.25) is 5.60 Å². The minimum Gasteiger partial charge on any atom is -0.393 e. The summed E-state index contributed by atoms with van der Waals surface area (Å²) in [5.74, 6) is -0.161. The van der Waals surface area contributed by atoms with E-state index in [0.29, 0.717) is 44.6 Å². The van der Waals surface area contributed by atoms with Crippen LogP contribution in [0.25, 0.3) is 0 Å². The average molecular weight is 570 g/mol. The maximum atomic E-state index is 14.7. The highest BCUT2D eigenvalue weighted by molar-refractivity contribution is 5.89. The van der Waals surface area contributed by atoms with Crippen molar-refractivity contribution < 1.29 is 37.0 Å². The van der Waals surface area contributed by atoms with E-state index in [9.17, 15) is 37.0 Å². The Morgan fingerprint density at radius 2 is 1.57 bits per heavy atom. The molecule has 6 nitrogen and oxygen atoms in total. The highest BCUT2D eigenvalue weighted by atomic mass is 19.4. The van der Waals surface area contributed by atoms with E-state index in [4.69, 9.17) is 0 Å². The molecule has 2 aromatic rings. The number of hydrogen-bond donors (Lipinski definition) is 4. The zero-order valence-corrected chi connectivity index (χ0v) is 22.2. The third kappa shape index (κ3) is 7.50. The van der Waals surface area contributed by atoms with Crippen molar-refractivity contribution >= 4 is 11.7 Å². The molecule has 2 fully saturated rings. The summed E-state index contributed by atoms with van der Waals surface area (Å²) in [5.41, 5.74) is -2.32. The van der Waals surface area contributed by atoms with Crippen molar-refractivity contribution in [2.24, 2.45) is 5.92 Å². The van der Waals surface area contributed by atoms with E-state index in [1.54, 1.807) is 6.07 Å². The zero-order valence-electron chi connectivity index (χ0n) is 22.2. The molecule has 0 bridgehead atoms. The lowest BCUT2D eigenvalue weighted by molar-refractivity contribution is -0.271. The van der Waals surface area contributed by atoms with Crippen molar-refractivity contribution in [3.8, 4) is 0 Å². The predicted molar refractivity (Wildman–Crippen MR) is 141 cm³/mol. The number of likely N-dealkylation sites (tertiary alicyclic amines) is 1. The molecule has 1 saturated heterocycles.